The molecule has 1 unspecified atom stereocenters. The zero-order valence-electron chi connectivity index (χ0n) is 21.6. The molecule has 0 aliphatic heterocycles. The number of rotatable bonds is 12. The standard InChI is InChI=1S/C29H39ClN2O4/c1-20(2)18-32(25-7-5-4-6-8-25)27-14-11-22(23(19-36-3)17-29(34)35)16-26(27)31-28(33)15-21-9-12-24(30)13-10-21/h9-14,16,20,23,25H,4-8,15,17-19H2,1-3H3,(H,31,33)(H,34,35). The van der Waals surface area contributed by atoms with Crippen LogP contribution in [0.1, 0.15) is 69.4 Å². The van der Waals surface area contributed by atoms with Crippen molar-refractivity contribution in [3.63, 3.8) is 0 Å². The second-order valence-corrected chi connectivity index (χ2v) is 10.7. The van der Waals surface area contributed by atoms with Crippen LogP contribution in [0, 0.1) is 5.92 Å². The van der Waals surface area contributed by atoms with E-state index in [0.717, 1.165) is 41.9 Å². The van der Waals surface area contributed by atoms with Gasteiger partial charge in [0.15, 0.2) is 0 Å². The first-order valence-electron chi connectivity index (χ1n) is 12.9. The van der Waals surface area contributed by atoms with Gasteiger partial charge >= 0.3 is 5.97 Å². The molecule has 1 aliphatic carbocycles. The average molecular weight is 515 g/mol. The van der Waals surface area contributed by atoms with Crippen LogP contribution in [0.15, 0.2) is 42.5 Å². The lowest BCUT2D eigenvalue weighted by atomic mass is 9.91. The van der Waals surface area contributed by atoms with Gasteiger partial charge in [0.2, 0.25) is 5.91 Å². The van der Waals surface area contributed by atoms with Gasteiger partial charge < -0.3 is 20.1 Å². The van der Waals surface area contributed by atoms with Gasteiger partial charge in [0.25, 0.3) is 0 Å². The number of carbonyl (C=O) groups is 2. The summed E-state index contributed by atoms with van der Waals surface area (Å²) in [5.41, 5.74) is 3.45. The summed E-state index contributed by atoms with van der Waals surface area (Å²) in [5.74, 6) is -0.845. The van der Waals surface area contributed by atoms with E-state index >= 15 is 0 Å². The number of hydrogen-bond acceptors (Lipinski definition) is 4. The Labute approximate surface area is 220 Å². The maximum absolute atomic E-state index is 13.1. The van der Waals surface area contributed by atoms with Gasteiger partial charge in [-0.2, -0.15) is 0 Å². The number of carboxylic acid groups (broad SMARTS) is 1. The third kappa shape index (κ3) is 8.24. The van der Waals surface area contributed by atoms with Crippen molar-refractivity contribution < 1.29 is 19.4 Å². The molecule has 0 spiro atoms. The molecule has 7 heteroatoms. The normalized spacial score (nSPS) is 15.0. The summed E-state index contributed by atoms with van der Waals surface area (Å²) in [4.78, 5) is 27.1. The minimum atomic E-state index is -0.877. The summed E-state index contributed by atoms with van der Waals surface area (Å²) < 4.78 is 5.32. The molecule has 1 saturated carbocycles. The Kier molecular flexibility index (Phi) is 10.6. The highest BCUT2D eigenvalue weighted by Gasteiger charge is 2.26. The van der Waals surface area contributed by atoms with Crippen molar-refractivity contribution in [2.75, 3.05) is 30.5 Å². The van der Waals surface area contributed by atoms with Gasteiger partial charge in [0.05, 0.1) is 30.8 Å². The summed E-state index contributed by atoms with van der Waals surface area (Å²) in [6, 6.07) is 13.7. The smallest absolute Gasteiger partial charge is 0.304 e. The predicted molar refractivity (Wildman–Crippen MR) is 146 cm³/mol. The van der Waals surface area contributed by atoms with Crippen LogP contribution in [-0.4, -0.2) is 43.3 Å². The van der Waals surface area contributed by atoms with Gasteiger partial charge in [-0.25, -0.2) is 0 Å². The summed E-state index contributed by atoms with van der Waals surface area (Å²) in [5, 5.41) is 13.2. The number of benzene rings is 2. The lowest BCUT2D eigenvalue weighted by Gasteiger charge is -2.38. The van der Waals surface area contributed by atoms with Gasteiger partial charge in [-0.05, 0) is 54.2 Å². The molecular weight excluding hydrogens is 476 g/mol. The summed E-state index contributed by atoms with van der Waals surface area (Å²) in [6.07, 6.45) is 6.16. The van der Waals surface area contributed by atoms with Crippen molar-refractivity contribution in [2.24, 2.45) is 5.92 Å². The van der Waals surface area contributed by atoms with Gasteiger partial charge in [0.1, 0.15) is 0 Å². The summed E-state index contributed by atoms with van der Waals surface area (Å²) >= 11 is 6.00. The molecule has 1 atom stereocenters. The number of nitrogens with one attached hydrogen (secondary N) is 1. The molecule has 0 saturated heterocycles. The third-order valence-electron chi connectivity index (χ3n) is 6.72. The van der Waals surface area contributed by atoms with E-state index in [-0.39, 0.29) is 24.7 Å². The highest BCUT2D eigenvalue weighted by Crippen LogP contribution is 2.36. The van der Waals surface area contributed by atoms with Gasteiger partial charge in [-0.3, -0.25) is 9.59 Å². The van der Waals surface area contributed by atoms with Crippen LogP contribution in [-0.2, 0) is 20.7 Å². The van der Waals surface area contributed by atoms with Crippen molar-refractivity contribution in [1.29, 1.82) is 0 Å². The van der Waals surface area contributed by atoms with Crippen molar-refractivity contribution in [3.8, 4) is 0 Å². The third-order valence-corrected chi connectivity index (χ3v) is 6.97. The van der Waals surface area contributed by atoms with Crippen LogP contribution < -0.4 is 10.2 Å². The first-order chi connectivity index (χ1) is 17.3. The molecule has 0 heterocycles. The van der Waals surface area contributed by atoms with Gasteiger partial charge in [-0.1, -0.05) is 62.9 Å². The topological polar surface area (TPSA) is 78.9 Å². The van der Waals surface area contributed by atoms with Crippen LogP contribution in [0.2, 0.25) is 5.02 Å². The fourth-order valence-corrected chi connectivity index (χ4v) is 5.18. The Hall–Kier alpha value is -2.57. The number of ether oxygens (including phenoxy) is 1. The van der Waals surface area contributed by atoms with Crippen molar-refractivity contribution in [2.45, 2.75) is 70.8 Å². The fourth-order valence-electron chi connectivity index (χ4n) is 5.06. The van der Waals surface area contributed by atoms with Crippen LogP contribution >= 0.6 is 11.6 Å². The van der Waals surface area contributed by atoms with Crippen molar-refractivity contribution in [1.82, 2.24) is 0 Å². The molecule has 36 heavy (non-hydrogen) atoms. The molecule has 2 aromatic carbocycles. The average Bonchev–Trinajstić information content (AvgIpc) is 2.84. The van der Waals surface area contributed by atoms with E-state index in [4.69, 9.17) is 16.3 Å². The first-order valence-corrected chi connectivity index (χ1v) is 13.3. The summed E-state index contributed by atoms with van der Waals surface area (Å²) in [6.45, 7) is 5.61. The molecule has 1 fully saturated rings. The van der Waals surface area contributed by atoms with E-state index in [1.807, 2.05) is 24.3 Å². The highest BCUT2D eigenvalue weighted by molar-refractivity contribution is 6.30. The predicted octanol–water partition coefficient (Wildman–Crippen LogP) is 6.52. The van der Waals surface area contributed by atoms with E-state index in [1.54, 1.807) is 19.2 Å². The molecule has 2 N–H and O–H groups in total. The minimum Gasteiger partial charge on any atom is -0.481 e. The Morgan fingerprint density at radius 1 is 1.11 bits per heavy atom. The van der Waals surface area contributed by atoms with Crippen LogP contribution in [0.25, 0.3) is 0 Å². The van der Waals surface area contributed by atoms with E-state index in [1.165, 1.54) is 19.3 Å². The number of amides is 1. The molecule has 0 bridgehead atoms. The lowest BCUT2D eigenvalue weighted by Crippen LogP contribution is -2.40. The monoisotopic (exact) mass is 514 g/mol. The second-order valence-electron chi connectivity index (χ2n) is 10.2. The highest BCUT2D eigenvalue weighted by atomic mass is 35.5. The molecule has 1 amide bonds. The van der Waals surface area contributed by atoms with E-state index < -0.39 is 5.97 Å². The Balaban J connectivity index is 1.97. The molecule has 1 aliphatic rings. The van der Waals surface area contributed by atoms with E-state index in [2.05, 4.69) is 30.1 Å². The number of halogens is 1. The first kappa shape index (κ1) is 28.0. The second kappa shape index (κ2) is 13.7. The Morgan fingerprint density at radius 3 is 2.42 bits per heavy atom. The quantitative estimate of drug-likeness (QED) is 0.337. The van der Waals surface area contributed by atoms with Gasteiger partial charge in [-0.15, -0.1) is 0 Å². The molecule has 0 radical (unpaired) electrons. The van der Waals surface area contributed by atoms with Crippen LogP contribution in [0.4, 0.5) is 11.4 Å². The number of aliphatic carboxylic acids is 1. The number of anilines is 2. The number of hydrogen-bond donors (Lipinski definition) is 2. The van der Waals surface area contributed by atoms with E-state index in [0.29, 0.717) is 23.6 Å². The Bertz CT molecular complexity index is 1000. The van der Waals surface area contributed by atoms with Crippen molar-refractivity contribution >= 4 is 34.9 Å². The van der Waals surface area contributed by atoms with Crippen LogP contribution in [0.3, 0.4) is 0 Å². The molecule has 196 valence electrons. The molecule has 2 aromatic rings. The molecule has 6 nitrogen and oxygen atoms in total. The Morgan fingerprint density at radius 2 is 1.81 bits per heavy atom. The zero-order chi connectivity index (χ0) is 26.1. The maximum atomic E-state index is 13.1. The van der Waals surface area contributed by atoms with Crippen LogP contribution in [0.5, 0.6) is 0 Å². The summed E-state index contributed by atoms with van der Waals surface area (Å²) in [7, 11) is 1.57. The van der Waals surface area contributed by atoms with E-state index in [9.17, 15) is 14.7 Å². The number of carboxylic acids is 1. The molecule has 0 aromatic heterocycles. The molecule has 3 rings (SSSR count). The zero-order valence-corrected chi connectivity index (χ0v) is 22.4. The largest absolute Gasteiger partial charge is 0.481 e. The van der Waals surface area contributed by atoms with Crippen molar-refractivity contribution in [3.05, 3.63) is 58.6 Å². The fraction of sp³-hybridized carbons (Fsp3) is 0.517. The number of methoxy groups -OCH3 is 1. The minimum absolute atomic E-state index is 0.0380. The molecular formula is C29H39ClN2O4. The number of nitrogens with zero attached hydrogens (tertiary/aromatic N) is 1. The maximum Gasteiger partial charge on any atom is 0.304 e. The lowest BCUT2D eigenvalue weighted by molar-refractivity contribution is -0.137. The number of carbonyl (C=O) groups excluding carboxylic acids is 1. The SMILES string of the molecule is COCC(CC(=O)O)c1ccc(N(CC(C)C)C2CCCCC2)c(NC(=O)Cc2ccc(Cl)cc2)c1. The van der Waals surface area contributed by atoms with Gasteiger partial charge in [0, 0.05) is 30.6 Å².